The molecule has 1 radical (unpaired) electrons. The molecule has 0 amide bonds. The predicted molar refractivity (Wildman–Crippen MR) is 63.5 cm³/mol. The van der Waals surface area contributed by atoms with Crippen LogP contribution < -0.4 is 0 Å². The summed E-state index contributed by atoms with van der Waals surface area (Å²) in [6.45, 7) is 9.60. The van der Waals surface area contributed by atoms with Crippen molar-refractivity contribution < 1.29 is 0 Å². The molecule has 0 atom stereocenters. The third-order valence-electron chi connectivity index (χ3n) is 2.89. The van der Waals surface area contributed by atoms with Crippen LogP contribution >= 0.6 is 22.4 Å². The Hall–Kier alpha value is 0.755. The van der Waals surface area contributed by atoms with E-state index in [0.29, 0.717) is 5.41 Å². The Kier molecular flexibility index (Phi) is 3.89. The summed E-state index contributed by atoms with van der Waals surface area (Å²) in [6, 6.07) is 0. The van der Waals surface area contributed by atoms with Crippen LogP contribution in [0.5, 0.6) is 0 Å². The van der Waals surface area contributed by atoms with E-state index in [1.807, 2.05) is 0 Å². The third kappa shape index (κ3) is 2.91. The van der Waals surface area contributed by atoms with Gasteiger partial charge in [0.25, 0.3) is 5.27 Å². The molecule has 1 heterocycles. The van der Waals surface area contributed by atoms with E-state index in [1.165, 1.54) is 25.9 Å². The van der Waals surface area contributed by atoms with Gasteiger partial charge in [-0.15, -0.1) is 22.4 Å². The van der Waals surface area contributed by atoms with Crippen LogP contribution in [0.4, 0.5) is 0 Å². The van der Waals surface area contributed by atoms with Crippen LogP contribution in [0.3, 0.4) is 0 Å². The molecule has 0 spiro atoms. The second kappa shape index (κ2) is 4.31. The van der Waals surface area contributed by atoms with Gasteiger partial charge in [0.15, 0.2) is 0 Å². The molecule has 0 aromatic heterocycles. The summed E-state index contributed by atoms with van der Waals surface area (Å²) in [5, 5.41) is 2.19. The smallest absolute Gasteiger partial charge is 0.295 e. The van der Waals surface area contributed by atoms with E-state index < -0.39 is 0 Å². The molecule has 0 N–H and O–H groups in total. The molecule has 1 fully saturated rings. The topological polar surface area (TPSA) is 3.24 Å². The van der Waals surface area contributed by atoms with Gasteiger partial charge in [-0.05, 0) is 37.3 Å². The molecule has 3 heteroatoms. The van der Waals surface area contributed by atoms with Crippen molar-refractivity contribution in [3.05, 3.63) is 0 Å². The van der Waals surface area contributed by atoms with E-state index in [-0.39, 0.29) is 0 Å². The molecule has 0 bridgehead atoms. The van der Waals surface area contributed by atoms with Crippen molar-refractivity contribution >= 4 is 27.6 Å². The van der Waals surface area contributed by atoms with E-state index in [2.05, 4.69) is 53.2 Å². The number of rotatable bonds is 1. The number of hydrogen-bond acceptors (Lipinski definition) is 1. The lowest BCUT2D eigenvalue weighted by Gasteiger charge is -2.38. The van der Waals surface area contributed by atoms with Crippen molar-refractivity contribution in [2.24, 2.45) is 11.3 Å². The number of piperidine rings is 1. The molecule has 0 aromatic rings. The van der Waals surface area contributed by atoms with Crippen LogP contribution in [-0.4, -0.2) is 23.2 Å². The highest BCUT2D eigenvalue weighted by Gasteiger charge is 2.28. The molecule has 0 aromatic carbocycles. The lowest BCUT2D eigenvalue weighted by atomic mass is 9.75. The van der Waals surface area contributed by atoms with Gasteiger partial charge in [-0.1, -0.05) is 20.8 Å². The second-order valence-corrected chi connectivity index (χ2v) is 5.33. The Balaban J connectivity index is 2.36. The van der Waals surface area contributed by atoms with Crippen molar-refractivity contribution in [2.75, 3.05) is 13.1 Å². The fourth-order valence-electron chi connectivity index (χ4n) is 1.86. The zero-order valence-electron chi connectivity index (χ0n) is 8.31. The van der Waals surface area contributed by atoms with Gasteiger partial charge in [0.05, 0.1) is 0 Å². The first-order valence-corrected chi connectivity index (χ1v) is 5.96. The fourth-order valence-corrected chi connectivity index (χ4v) is 2.42. The van der Waals surface area contributed by atoms with Crippen molar-refractivity contribution in [1.82, 2.24) is 4.81 Å². The highest BCUT2D eigenvalue weighted by molar-refractivity contribution is 14.1. The summed E-state index contributed by atoms with van der Waals surface area (Å²) in [7, 11) is 0. The highest BCUT2D eigenvalue weighted by Crippen LogP contribution is 2.33. The van der Waals surface area contributed by atoms with Gasteiger partial charge in [0, 0.05) is 0 Å². The molecule has 1 aliphatic rings. The van der Waals surface area contributed by atoms with Crippen molar-refractivity contribution in [3.8, 4) is 0 Å². The van der Waals surface area contributed by atoms with Crippen LogP contribution in [-0.2, 0) is 0 Å². The van der Waals surface area contributed by atoms with Gasteiger partial charge in [-0.2, -0.15) is 0 Å². The van der Waals surface area contributed by atoms with Gasteiger partial charge < -0.3 is 4.81 Å². The Bertz CT molecular complexity index is 136. The molecule has 0 unspecified atom stereocenters. The first-order chi connectivity index (χ1) is 5.54. The fraction of sp³-hybridized carbons (Fsp3) is 1.00. The minimum absolute atomic E-state index is 0.511. The van der Waals surface area contributed by atoms with Crippen molar-refractivity contribution in [1.29, 1.82) is 0 Å². The maximum absolute atomic E-state index is 2.42. The molecule has 1 saturated heterocycles. The molecule has 1 rings (SSSR count). The number of nitrogens with zero attached hydrogens (tertiary/aromatic N) is 1. The average molecular weight is 278 g/mol. The van der Waals surface area contributed by atoms with E-state index in [0.717, 1.165) is 5.92 Å². The number of hydrogen-bond donors (Lipinski definition) is 0. The summed E-state index contributed by atoms with van der Waals surface area (Å²) in [4.78, 5) is 2.42. The van der Waals surface area contributed by atoms with Crippen molar-refractivity contribution in [2.45, 2.75) is 33.6 Å². The van der Waals surface area contributed by atoms with Gasteiger partial charge in [-0.25, -0.2) is 0 Å². The highest BCUT2D eigenvalue weighted by atomic mass is 127. The summed E-state index contributed by atoms with van der Waals surface area (Å²) in [6.07, 6.45) is 2.73. The normalized spacial score (nSPS) is 22.7. The van der Waals surface area contributed by atoms with E-state index >= 15 is 0 Å². The average Bonchev–Trinajstić information content (AvgIpc) is 2.03. The zero-order valence-corrected chi connectivity index (χ0v) is 10.5. The van der Waals surface area contributed by atoms with E-state index in [1.54, 1.807) is 0 Å². The van der Waals surface area contributed by atoms with E-state index in [4.69, 9.17) is 0 Å². The standard InChI is InChI=1S/C9H18BIN/c1-9(2,3)8-4-6-12(10-11)7-5-8/h8H,4-7H2,1-3H3. The van der Waals surface area contributed by atoms with Crippen LogP contribution in [0.2, 0.25) is 0 Å². The molecule has 0 aliphatic carbocycles. The van der Waals surface area contributed by atoms with Crippen LogP contribution in [0.1, 0.15) is 33.6 Å². The molecule has 69 valence electrons. The quantitative estimate of drug-likeness (QED) is 0.526. The molecule has 12 heavy (non-hydrogen) atoms. The summed E-state index contributed by atoms with van der Waals surface area (Å²) >= 11 is 2.34. The Labute approximate surface area is 90.4 Å². The van der Waals surface area contributed by atoms with Crippen LogP contribution in [0.15, 0.2) is 0 Å². The van der Waals surface area contributed by atoms with Crippen LogP contribution in [0, 0.1) is 11.3 Å². The summed E-state index contributed by atoms with van der Waals surface area (Å²) < 4.78 is 0. The monoisotopic (exact) mass is 278 g/mol. The maximum Gasteiger partial charge on any atom is 0.295 e. The van der Waals surface area contributed by atoms with E-state index in [9.17, 15) is 0 Å². The Morgan fingerprint density at radius 3 is 2.08 bits per heavy atom. The first-order valence-electron chi connectivity index (χ1n) is 4.71. The molecule has 1 nitrogen and oxygen atoms in total. The third-order valence-corrected chi connectivity index (χ3v) is 3.68. The van der Waals surface area contributed by atoms with Gasteiger partial charge in [-0.3, -0.25) is 0 Å². The predicted octanol–water partition coefficient (Wildman–Crippen LogP) is 2.71. The SMILES string of the molecule is CC(C)(C)C1CCN([B]I)CC1. The zero-order chi connectivity index (χ0) is 9.19. The Morgan fingerprint density at radius 2 is 1.75 bits per heavy atom. The van der Waals surface area contributed by atoms with Crippen molar-refractivity contribution in [3.63, 3.8) is 0 Å². The number of halogens is 1. The van der Waals surface area contributed by atoms with Gasteiger partial charge in [0.2, 0.25) is 0 Å². The lowest BCUT2D eigenvalue weighted by Crippen LogP contribution is -2.38. The molecule has 1 aliphatic heterocycles. The second-order valence-electron chi connectivity index (χ2n) is 4.77. The van der Waals surface area contributed by atoms with Gasteiger partial charge >= 0.3 is 0 Å². The minimum atomic E-state index is 0.511. The van der Waals surface area contributed by atoms with Crippen LogP contribution in [0.25, 0.3) is 0 Å². The largest absolute Gasteiger partial charge is 0.337 e. The summed E-state index contributed by atoms with van der Waals surface area (Å²) in [5.41, 5.74) is 0.511. The van der Waals surface area contributed by atoms with Gasteiger partial charge in [0.1, 0.15) is 0 Å². The molecular formula is C9H18BIN. The minimum Gasteiger partial charge on any atom is -0.337 e. The maximum atomic E-state index is 2.42. The first kappa shape index (κ1) is 10.8. The molecule has 0 saturated carbocycles. The molecular weight excluding hydrogens is 260 g/mol. The summed E-state index contributed by atoms with van der Waals surface area (Å²) in [5.74, 6) is 0.921. The Morgan fingerprint density at radius 1 is 1.25 bits per heavy atom. The lowest BCUT2D eigenvalue weighted by molar-refractivity contribution is 0.155.